The van der Waals surface area contributed by atoms with E-state index in [4.69, 9.17) is 15.0 Å². The number of para-hydroxylation sites is 4. The molecule has 3 aromatic heterocycles. The number of aromatic nitrogens is 5. The molecule has 3 heterocycles. The highest BCUT2D eigenvalue weighted by Gasteiger charge is 2.23. The number of fused-ring (bicyclic) bond motifs is 12. The third-order valence-corrected chi connectivity index (χ3v) is 13.7. The summed E-state index contributed by atoms with van der Waals surface area (Å²) in [4.78, 5) is 15.9. The third-order valence-electron chi connectivity index (χ3n) is 13.7. The molecular weight excluding hydrogens is 827 g/mol. The summed E-state index contributed by atoms with van der Waals surface area (Å²) >= 11 is 0. The van der Waals surface area contributed by atoms with E-state index in [9.17, 15) is 0 Å². The van der Waals surface area contributed by atoms with E-state index < -0.39 is 0 Å². The Hall–Kier alpha value is -9.19. The highest BCUT2D eigenvalue weighted by molar-refractivity contribution is 6.25. The maximum Gasteiger partial charge on any atom is 0.164 e. The average molecular weight is 866 g/mol. The van der Waals surface area contributed by atoms with Crippen LogP contribution in [0.4, 0.5) is 0 Å². The number of nitrogens with zero attached hydrogens (tertiary/aromatic N) is 5. The van der Waals surface area contributed by atoms with E-state index >= 15 is 0 Å². The lowest BCUT2D eigenvalue weighted by Gasteiger charge is -2.18. The summed E-state index contributed by atoms with van der Waals surface area (Å²) in [5.41, 5.74) is 11.6. The zero-order chi connectivity index (χ0) is 44.7. The Kier molecular flexibility index (Phi) is 8.52. The molecule has 0 N–H and O–H groups in total. The monoisotopic (exact) mass is 865 g/mol. The lowest BCUT2D eigenvalue weighted by atomic mass is 9.93. The van der Waals surface area contributed by atoms with Gasteiger partial charge in [0, 0.05) is 43.8 Å². The van der Waals surface area contributed by atoms with Gasteiger partial charge in [-0.05, 0) is 74.3 Å². The molecule has 0 atom stereocenters. The highest BCUT2D eigenvalue weighted by Crippen LogP contribution is 2.43. The first-order chi connectivity index (χ1) is 33.7. The van der Waals surface area contributed by atoms with Crippen molar-refractivity contribution in [3.05, 3.63) is 237 Å². The first-order valence-corrected chi connectivity index (χ1v) is 23.1. The largest absolute Gasteiger partial charge is 0.307 e. The topological polar surface area (TPSA) is 48.5 Å². The van der Waals surface area contributed by atoms with Gasteiger partial charge in [0.2, 0.25) is 0 Å². The molecule has 0 saturated carbocycles. The van der Waals surface area contributed by atoms with E-state index in [-0.39, 0.29) is 0 Å². The van der Waals surface area contributed by atoms with Crippen molar-refractivity contribution in [1.29, 1.82) is 0 Å². The van der Waals surface area contributed by atoms with Gasteiger partial charge in [0.05, 0.1) is 33.4 Å². The van der Waals surface area contributed by atoms with Crippen LogP contribution < -0.4 is 0 Å². The van der Waals surface area contributed by atoms with Crippen molar-refractivity contribution < 1.29 is 0 Å². The summed E-state index contributed by atoms with van der Waals surface area (Å²) in [5.74, 6) is 1.84. The van der Waals surface area contributed by atoms with Crippen LogP contribution in [-0.2, 0) is 0 Å². The summed E-state index contributed by atoms with van der Waals surface area (Å²) in [6.45, 7) is 0. The van der Waals surface area contributed by atoms with Crippen LogP contribution in [0, 0.1) is 0 Å². The number of rotatable bonds is 6. The molecule has 0 bridgehead atoms. The second-order valence-corrected chi connectivity index (χ2v) is 17.5. The van der Waals surface area contributed by atoms with Crippen LogP contribution in [0.3, 0.4) is 0 Å². The molecule has 0 amide bonds. The van der Waals surface area contributed by atoms with Crippen LogP contribution >= 0.6 is 0 Å². The average Bonchev–Trinajstić information content (AvgIpc) is 3.94. The molecule has 0 radical (unpaired) electrons. The predicted octanol–water partition coefficient (Wildman–Crippen LogP) is 16.2. The minimum atomic E-state index is 0.599. The van der Waals surface area contributed by atoms with E-state index in [0.29, 0.717) is 17.5 Å². The van der Waals surface area contributed by atoms with Gasteiger partial charge in [0.15, 0.2) is 17.5 Å². The van der Waals surface area contributed by atoms with Gasteiger partial charge in [-0.25, -0.2) is 15.0 Å². The SMILES string of the molecule is c1ccc(-c2nc(-c3ccc(-c4ccccc4)c(-n4c5ccccc5c5cccc(-n6c7ccccc7c7ccccc76)c54)c3)nc(-c3ccc4c5ccccc5c5ccccc5c4c3)n2)cc1. The maximum absolute atomic E-state index is 5.39. The number of benzene rings is 11. The molecule has 0 unspecified atom stereocenters. The fraction of sp³-hybridized carbons (Fsp3) is 0. The second kappa shape index (κ2) is 15.2. The number of hydrogen-bond donors (Lipinski definition) is 0. The Balaban J connectivity index is 1.05. The Morgan fingerprint density at radius 2 is 0.647 bits per heavy atom. The zero-order valence-corrected chi connectivity index (χ0v) is 36.8. The van der Waals surface area contributed by atoms with E-state index in [1.807, 2.05) is 18.2 Å². The van der Waals surface area contributed by atoms with Crippen LogP contribution in [0.25, 0.3) is 133 Å². The molecule has 0 spiro atoms. The molecule has 14 rings (SSSR count). The van der Waals surface area contributed by atoms with Crippen molar-refractivity contribution in [2.24, 2.45) is 0 Å². The van der Waals surface area contributed by atoms with Crippen molar-refractivity contribution >= 4 is 75.9 Å². The molecule has 316 valence electrons. The van der Waals surface area contributed by atoms with Gasteiger partial charge < -0.3 is 9.13 Å². The van der Waals surface area contributed by atoms with E-state index in [0.717, 1.165) is 61.3 Å². The van der Waals surface area contributed by atoms with Crippen LogP contribution in [0.1, 0.15) is 0 Å². The lowest BCUT2D eigenvalue weighted by Crippen LogP contribution is -2.04. The van der Waals surface area contributed by atoms with Crippen molar-refractivity contribution in [2.75, 3.05) is 0 Å². The molecule has 0 aliphatic rings. The van der Waals surface area contributed by atoms with Crippen LogP contribution in [-0.4, -0.2) is 24.1 Å². The molecule has 0 saturated heterocycles. The van der Waals surface area contributed by atoms with Crippen molar-refractivity contribution in [1.82, 2.24) is 24.1 Å². The van der Waals surface area contributed by atoms with E-state index in [1.165, 1.54) is 53.9 Å². The van der Waals surface area contributed by atoms with Crippen molar-refractivity contribution in [3.63, 3.8) is 0 Å². The number of hydrogen-bond acceptors (Lipinski definition) is 3. The summed E-state index contributed by atoms with van der Waals surface area (Å²) in [7, 11) is 0. The van der Waals surface area contributed by atoms with Gasteiger partial charge in [0.25, 0.3) is 0 Å². The lowest BCUT2D eigenvalue weighted by molar-refractivity contribution is 1.07. The van der Waals surface area contributed by atoms with Gasteiger partial charge in [-0.3, -0.25) is 0 Å². The first-order valence-electron chi connectivity index (χ1n) is 23.1. The standard InChI is InChI=1S/C63H39N5/c1-3-18-40(19-4-1)44-36-34-43(39-59(44)68-57-32-16-13-28-52(57)53-29-17-33-58(60(53)68)67-55-30-14-11-26-50(55)51-27-12-15-31-56(51)67)63-65-61(41-20-5-2-6-21-41)64-62(66-63)42-35-37-49-47-24-8-7-22-45(47)46-23-9-10-25-48(46)54(49)38-42/h1-39H. The first kappa shape index (κ1) is 38.1. The van der Waals surface area contributed by atoms with Crippen molar-refractivity contribution in [2.45, 2.75) is 0 Å². The fourth-order valence-corrected chi connectivity index (χ4v) is 10.7. The Bertz CT molecular complexity index is 4230. The molecule has 68 heavy (non-hydrogen) atoms. The summed E-state index contributed by atoms with van der Waals surface area (Å²) < 4.78 is 4.91. The molecule has 11 aromatic carbocycles. The summed E-state index contributed by atoms with van der Waals surface area (Å²) in [5, 5.41) is 12.1. The highest BCUT2D eigenvalue weighted by atomic mass is 15.1. The maximum atomic E-state index is 5.39. The molecule has 14 aromatic rings. The molecule has 0 fully saturated rings. The Morgan fingerprint density at radius 1 is 0.235 bits per heavy atom. The normalized spacial score (nSPS) is 11.8. The quantitative estimate of drug-likeness (QED) is 0.156. The van der Waals surface area contributed by atoms with Gasteiger partial charge in [-0.1, -0.05) is 200 Å². The molecule has 0 aliphatic carbocycles. The van der Waals surface area contributed by atoms with Gasteiger partial charge in [-0.2, -0.15) is 0 Å². The summed E-state index contributed by atoms with van der Waals surface area (Å²) in [6.07, 6.45) is 0. The third kappa shape index (κ3) is 5.86. The fourth-order valence-electron chi connectivity index (χ4n) is 10.7. The van der Waals surface area contributed by atoms with Crippen LogP contribution in [0.2, 0.25) is 0 Å². The molecular formula is C63H39N5. The predicted molar refractivity (Wildman–Crippen MR) is 283 cm³/mol. The minimum Gasteiger partial charge on any atom is -0.307 e. The smallest absolute Gasteiger partial charge is 0.164 e. The second-order valence-electron chi connectivity index (χ2n) is 17.5. The Labute approximate surface area is 391 Å². The van der Waals surface area contributed by atoms with Crippen LogP contribution in [0.5, 0.6) is 0 Å². The molecule has 0 aliphatic heterocycles. The molecule has 5 heteroatoms. The van der Waals surface area contributed by atoms with Gasteiger partial charge in [-0.15, -0.1) is 0 Å². The van der Waals surface area contributed by atoms with Gasteiger partial charge in [0.1, 0.15) is 0 Å². The molecule has 5 nitrogen and oxygen atoms in total. The summed E-state index contributed by atoms with van der Waals surface area (Å²) in [6, 6.07) is 84.6. The van der Waals surface area contributed by atoms with Gasteiger partial charge >= 0.3 is 0 Å². The van der Waals surface area contributed by atoms with Crippen molar-refractivity contribution in [3.8, 4) is 56.7 Å². The van der Waals surface area contributed by atoms with E-state index in [1.54, 1.807) is 0 Å². The van der Waals surface area contributed by atoms with E-state index in [2.05, 4.69) is 228 Å². The Morgan fingerprint density at radius 3 is 1.24 bits per heavy atom. The van der Waals surface area contributed by atoms with Crippen LogP contribution in [0.15, 0.2) is 237 Å². The zero-order valence-electron chi connectivity index (χ0n) is 36.8. The minimum absolute atomic E-state index is 0.599.